The van der Waals surface area contributed by atoms with Crippen LogP contribution in [0.2, 0.25) is 19.6 Å². The molecule has 2 heteroatoms. The van der Waals surface area contributed by atoms with Crippen LogP contribution >= 0.6 is 0 Å². The molecule has 0 aromatic rings. The molecule has 0 fully saturated rings. The summed E-state index contributed by atoms with van der Waals surface area (Å²) in [5, 5.41) is 9.28. The van der Waals surface area contributed by atoms with Crippen molar-refractivity contribution in [3.05, 3.63) is 24.4 Å². The molecule has 0 aliphatic heterocycles. The summed E-state index contributed by atoms with van der Waals surface area (Å²) in [5.74, 6) is 0. The maximum atomic E-state index is 9.28. The van der Waals surface area contributed by atoms with E-state index in [0.29, 0.717) is 6.42 Å². The quantitative estimate of drug-likeness (QED) is 0.507. The van der Waals surface area contributed by atoms with Gasteiger partial charge < -0.3 is 5.11 Å². The van der Waals surface area contributed by atoms with Gasteiger partial charge in [0.2, 0.25) is 0 Å². The van der Waals surface area contributed by atoms with Crippen LogP contribution in [0.15, 0.2) is 24.4 Å². The maximum Gasteiger partial charge on any atom is 0.0751 e. The zero-order chi connectivity index (χ0) is 8.91. The Labute approximate surface area is 70.5 Å². The second-order valence-corrected chi connectivity index (χ2v) is 8.88. The van der Waals surface area contributed by atoms with Crippen molar-refractivity contribution in [2.24, 2.45) is 0 Å². The lowest BCUT2D eigenvalue weighted by Gasteiger charge is -2.09. The Kier molecular flexibility index (Phi) is 4.38. The number of hydrogen-bond donors (Lipinski definition) is 1. The van der Waals surface area contributed by atoms with Crippen molar-refractivity contribution in [1.82, 2.24) is 0 Å². The molecule has 0 saturated heterocycles. The number of hydrogen-bond acceptors (Lipinski definition) is 1. The first-order valence-electron chi connectivity index (χ1n) is 3.94. The van der Waals surface area contributed by atoms with E-state index in [1.54, 1.807) is 6.08 Å². The third-order valence-corrected chi connectivity index (χ3v) is 2.42. The van der Waals surface area contributed by atoms with E-state index in [-0.39, 0.29) is 6.10 Å². The summed E-state index contributed by atoms with van der Waals surface area (Å²) >= 11 is 0. The Morgan fingerprint density at radius 1 is 1.45 bits per heavy atom. The zero-order valence-electron chi connectivity index (χ0n) is 7.67. The largest absolute Gasteiger partial charge is 0.389 e. The summed E-state index contributed by atoms with van der Waals surface area (Å²) in [5.41, 5.74) is 2.15. The van der Waals surface area contributed by atoms with Gasteiger partial charge >= 0.3 is 0 Å². The predicted octanol–water partition coefficient (Wildman–Crippen LogP) is 2.36. The molecule has 0 rings (SSSR count). The van der Waals surface area contributed by atoms with E-state index in [2.05, 4.69) is 31.9 Å². The van der Waals surface area contributed by atoms with Gasteiger partial charge in [0, 0.05) is 0 Å². The van der Waals surface area contributed by atoms with Crippen LogP contribution in [0, 0.1) is 0 Å². The van der Waals surface area contributed by atoms with Crippen LogP contribution < -0.4 is 0 Å². The molecule has 0 aromatic heterocycles. The van der Waals surface area contributed by atoms with E-state index in [0.717, 1.165) is 0 Å². The number of rotatable bonds is 4. The average Bonchev–Trinajstić information content (AvgIpc) is 1.83. The van der Waals surface area contributed by atoms with E-state index in [9.17, 15) is 5.11 Å². The highest BCUT2D eigenvalue weighted by molar-refractivity contribution is 6.80. The molecule has 0 spiro atoms. The Bertz CT molecular complexity index is 144. The fourth-order valence-electron chi connectivity index (χ4n) is 0.649. The lowest BCUT2D eigenvalue weighted by Crippen LogP contribution is -2.17. The lowest BCUT2D eigenvalue weighted by atomic mass is 10.2. The van der Waals surface area contributed by atoms with Crippen LogP contribution in [-0.4, -0.2) is 19.3 Å². The third-order valence-electron chi connectivity index (χ3n) is 1.23. The lowest BCUT2D eigenvalue weighted by molar-refractivity contribution is 0.227. The summed E-state index contributed by atoms with van der Waals surface area (Å²) in [7, 11) is -1.12. The first-order chi connectivity index (χ1) is 4.95. The molecular weight excluding hydrogens is 152 g/mol. The zero-order valence-corrected chi connectivity index (χ0v) is 8.67. The highest BCUT2D eigenvalue weighted by atomic mass is 28.3. The van der Waals surface area contributed by atoms with Crippen LogP contribution in [0.1, 0.15) is 6.42 Å². The minimum Gasteiger partial charge on any atom is -0.389 e. The van der Waals surface area contributed by atoms with Crippen LogP contribution in [0.3, 0.4) is 0 Å². The van der Waals surface area contributed by atoms with Crippen LogP contribution in [0.25, 0.3) is 0 Å². The first-order valence-corrected chi connectivity index (χ1v) is 7.52. The Morgan fingerprint density at radius 2 is 2.00 bits per heavy atom. The van der Waals surface area contributed by atoms with Gasteiger partial charge in [0.25, 0.3) is 0 Å². The van der Waals surface area contributed by atoms with Crippen molar-refractivity contribution in [2.45, 2.75) is 32.2 Å². The number of aliphatic hydroxyl groups excluding tert-OH is 1. The van der Waals surface area contributed by atoms with E-state index in [1.165, 1.54) is 0 Å². The minimum absolute atomic E-state index is 0.334. The molecule has 0 radical (unpaired) electrons. The molecule has 0 aliphatic carbocycles. The van der Waals surface area contributed by atoms with Gasteiger partial charge in [-0.2, -0.15) is 0 Å². The molecular formula is C9H18OSi. The minimum atomic E-state index is -1.12. The summed E-state index contributed by atoms with van der Waals surface area (Å²) in [4.78, 5) is 0. The molecule has 0 bridgehead atoms. The molecule has 0 amide bonds. The van der Waals surface area contributed by atoms with E-state index >= 15 is 0 Å². The number of aliphatic hydroxyl groups is 1. The van der Waals surface area contributed by atoms with Gasteiger partial charge in [-0.05, 0) is 6.42 Å². The molecule has 1 N–H and O–H groups in total. The fraction of sp³-hybridized carbons (Fsp3) is 0.556. The van der Waals surface area contributed by atoms with E-state index in [4.69, 9.17) is 0 Å². The van der Waals surface area contributed by atoms with Gasteiger partial charge in [0.05, 0.1) is 14.2 Å². The van der Waals surface area contributed by atoms with Crippen molar-refractivity contribution in [3.63, 3.8) is 0 Å². The van der Waals surface area contributed by atoms with Crippen molar-refractivity contribution >= 4 is 8.07 Å². The molecule has 0 saturated carbocycles. The highest BCUT2D eigenvalue weighted by Crippen LogP contribution is 2.04. The van der Waals surface area contributed by atoms with Crippen molar-refractivity contribution < 1.29 is 5.11 Å². The monoisotopic (exact) mass is 170 g/mol. The second kappa shape index (κ2) is 4.52. The van der Waals surface area contributed by atoms with Crippen LogP contribution in [0.4, 0.5) is 0 Å². The van der Waals surface area contributed by atoms with Crippen LogP contribution in [0.5, 0.6) is 0 Å². The summed E-state index contributed by atoms with van der Waals surface area (Å²) in [6.45, 7) is 10.3. The third kappa shape index (κ3) is 7.55. The molecule has 0 heterocycles. The van der Waals surface area contributed by atoms with Gasteiger partial charge in [0.1, 0.15) is 0 Å². The van der Waals surface area contributed by atoms with Gasteiger partial charge in [-0.25, -0.2) is 0 Å². The highest BCUT2D eigenvalue weighted by Gasteiger charge is 2.07. The summed E-state index contributed by atoms with van der Waals surface area (Å²) in [6, 6.07) is 0. The van der Waals surface area contributed by atoms with Gasteiger partial charge in [-0.1, -0.05) is 37.5 Å². The molecule has 1 atom stereocenters. The normalized spacial score (nSPS) is 15.3. The van der Waals surface area contributed by atoms with E-state index < -0.39 is 8.07 Å². The van der Waals surface area contributed by atoms with Gasteiger partial charge in [-0.15, -0.1) is 6.58 Å². The van der Waals surface area contributed by atoms with Crippen LogP contribution in [-0.2, 0) is 0 Å². The SMILES string of the molecule is C=CC[C@H](O)/C=C/[Si](C)(C)C. The van der Waals surface area contributed by atoms with Gasteiger partial charge in [-0.3, -0.25) is 0 Å². The second-order valence-electron chi connectivity index (χ2n) is 3.82. The average molecular weight is 170 g/mol. The Balaban J connectivity index is 3.82. The van der Waals surface area contributed by atoms with Gasteiger partial charge in [0.15, 0.2) is 0 Å². The maximum absolute atomic E-state index is 9.28. The van der Waals surface area contributed by atoms with Crippen molar-refractivity contribution in [1.29, 1.82) is 0 Å². The summed E-state index contributed by atoms with van der Waals surface area (Å²) in [6.07, 6.45) is 3.94. The molecule has 64 valence electrons. The first kappa shape index (κ1) is 10.7. The van der Waals surface area contributed by atoms with Crippen molar-refractivity contribution in [3.8, 4) is 0 Å². The topological polar surface area (TPSA) is 20.2 Å². The summed E-state index contributed by atoms with van der Waals surface area (Å²) < 4.78 is 0. The Morgan fingerprint density at radius 3 is 2.36 bits per heavy atom. The molecule has 11 heavy (non-hydrogen) atoms. The molecule has 1 nitrogen and oxygen atoms in total. The molecule has 0 aromatic carbocycles. The van der Waals surface area contributed by atoms with Crippen molar-refractivity contribution in [2.75, 3.05) is 0 Å². The van der Waals surface area contributed by atoms with E-state index in [1.807, 2.05) is 6.08 Å². The smallest absolute Gasteiger partial charge is 0.0751 e. The fourth-order valence-corrected chi connectivity index (χ4v) is 1.45. The standard InChI is InChI=1S/C9H18OSi/c1-5-6-9(10)7-8-11(2,3)4/h5,7-10H,1,6H2,2-4H3/b8-7+/t9-/m0/s1. The predicted molar refractivity (Wildman–Crippen MR) is 53.3 cm³/mol. The molecule has 0 aliphatic rings. The Hall–Kier alpha value is -0.343. The molecule has 0 unspecified atom stereocenters.